The minimum absolute atomic E-state index is 0.360. The van der Waals surface area contributed by atoms with Gasteiger partial charge in [-0.25, -0.2) is 26.3 Å². The van der Waals surface area contributed by atoms with Gasteiger partial charge in [0.1, 0.15) is 0 Å². The number of benzene rings is 2. The molecule has 0 bridgehead atoms. The van der Waals surface area contributed by atoms with E-state index in [1.165, 1.54) is 0 Å². The zero-order chi connectivity index (χ0) is 24.1. The Kier molecular flexibility index (Phi) is 7.21. The van der Waals surface area contributed by atoms with Gasteiger partial charge in [0.05, 0.1) is 19.6 Å². The number of hydrogen-bond acceptors (Lipinski definition) is 10. The van der Waals surface area contributed by atoms with E-state index in [9.17, 15) is 46.7 Å². The summed E-state index contributed by atoms with van der Waals surface area (Å²) in [7, 11) is -8.73. The Labute approximate surface area is 180 Å². The number of carbonyl (C=O) groups is 2. The Morgan fingerprint density at radius 3 is 1.19 bits per heavy atom. The molecule has 2 N–H and O–H groups in total. The van der Waals surface area contributed by atoms with Crippen molar-refractivity contribution < 1.29 is 36.3 Å². The standard InChI is InChI=1S/C16H14N4O10S2/c21-15(17-31(27,28)13-5-1-11(2-6-13)19(23)24)9-10-16(22)18-32(29,30)14-7-3-12(4-8-14)20(25)26/h1-8H,9-10H2,(H,17,21)(H,18,22). The van der Waals surface area contributed by atoms with Crippen LogP contribution in [-0.2, 0) is 29.6 Å². The van der Waals surface area contributed by atoms with Crippen LogP contribution in [0.4, 0.5) is 11.4 Å². The SMILES string of the molecule is O=C(CCC(=O)NS(=O)(=O)c1ccc([N+](=O)[O-])cc1)NS(=O)(=O)c1ccc([N+](=O)[O-])cc1. The molecule has 2 aromatic carbocycles. The van der Waals surface area contributed by atoms with E-state index in [1.54, 1.807) is 9.44 Å². The van der Waals surface area contributed by atoms with Gasteiger partial charge in [-0.15, -0.1) is 0 Å². The molecule has 32 heavy (non-hydrogen) atoms. The van der Waals surface area contributed by atoms with Crippen LogP contribution < -0.4 is 9.44 Å². The zero-order valence-electron chi connectivity index (χ0n) is 15.8. The number of rotatable bonds is 9. The first-order chi connectivity index (χ1) is 14.8. The summed E-state index contributed by atoms with van der Waals surface area (Å²) >= 11 is 0. The summed E-state index contributed by atoms with van der Waals surface area (Å²) in [5, 5.41) is 21.2. The minimum atomic E-state index is -4.37. The number of hydrogen-bond donors (Lipinski definition) is 2. The summed E-state index contributed by atoms with van der Waals surface area (Å²) in [6, 6.07) is 7.36. The second kappa shape index (κ2) is 9.48. The molecule has 16 heteroatoms. The molecule has 0 saturated carbocycles. The lowest BCUT2D eigenvalue weighted by molar-refractivity contribution is -0.385. The maximum Gasteiger partial charge on any atom is 0.269 e. The smallest absolute Gasteiger partial charge is 0.269 e. The van der Waals surface area contributed by atoms with Crippen molar-refractivity contribution in [3.63, 3.8) is 0 Å². The number of amides is 2. The fourth-order valence-corrected chi connectivity index (χ4v) is 4.27. The highest BCUT2D eigenvalue weighted by molar-refractivity contribution is 7.90. The summed E-state index contributed by atoms with van der Waals surface area (Å²) in [5.74, 6) is -2.24. The van der Waals surface area contributed by atoms with Crippen LogP contribution in [0.3, 0.4) is 0 Å². The molecule has 0 atom stereocenters. The maximum absolute atomic E-state index is 12.1. The van der Waals surface area contributed by atoms with Crippen LogP contribution in [-0.4, -0.2) is 38.5 Å². The number of non-ortho nitro benzene ring substituents is 2. The highest BCUT2D eigenvalue weighted by atomic mass is 32.2. The fourth-order valence-electron chi connectivity index (χ4n) is 2.24. The average molecular weight is 486 g/mol. The van der Waals surface area contributed by atoms with Crippen molar-refractivity contribution in [3.05, 3.63) is 68.8 Å². The van der Waals surface area contributed by atoms with E-state index in [0.717, 1.165) is 48.5 Å². The normalized spacial score (nSPS) is 11.4. The summed E-state index contributed by atoms with van der Waals surface area (Å²) < 4.78 is 51.8. The Bertz CT molecular complexity index is 1170. The van der Waals surface area contributed by atoms with Crippen LogP contribution in [0.25, 0.3) is 0 Å². The highest BCUT2D eigenvalue weighted by Crippen LogP contribution is 2.17. The molecular weight excluding hydrogens is 472 g/mol. The number of nitrogens with one attached hydrogen (secondary N) is 2. The lowest BCUT2D eigenvalue weighted by atomic mass is 10.3. The van der Waals surface area contributed by atoms with Crippen LogP contribution in [0.15, 0.2) is 58.3 Å². The molecular formula is C16H14N4O10S2. The third kappa shape index (κ3) is 6.29. The molecule has 0 saturated heterocycles. The second-order valence-electron chi connectivity index (χ2n) is 6.06. The third-order valence-electron chi connectivity index (χ3n) is 3.79. The summed E-state index contributed by atoms with van der Waals surface area (Å²) in [5.41, 5.74) is -0.720. The Balaban J connectivity index is 1.94. The molecule has 2 amide bonds. The van der Waals surface area contributed by atoms with E-state index in [2.05, 4.69) is 0 Å². The van der Waals surface area contributed by atoms with E-state index in [1.807, 2.05) is 0 Å². The quantitative estimate of drug-likeness (QED) is 0.372. The molecule has 0 unspecified atom stereocenters. The van der Waals surface area contributed by atoms with Gasteiger partial charge >= 0.3 is 0 Å². The van der Waals surface area contributed by atoms with Crippen molar-refractivity contribution in [2.45, 2.75) is 22.6 Å². The number of sulfonamides is 2. The molecule has 170 valence electrons. The van der Waals surface area contributed by atoms with E-state index >= 15 is 0 Å². The topological polar surface area (TPSA) is 213 Å². The Morgan fingerprint density at radius 1 is 0.656 bits per heavy atom. The van der Waals surface area contributed by atoms with Gasteiger partial charge in [0.2, 0.25) is 11.8 Å². The van der Waals surface area contributed by atoms with E-state index < -0.39 is 64.3 Å². The van der Waals surface area contributed by atoms with Crippen molar-refractivity contribution in [1.29, 1.82) is 0 Å². The molecule has 0 aliphatic heterocycles. The third-order valence-corrected chi connectivity index (χ3v) is 6.57. The van der Waals surface area contributed by atoms with Crippen molar-refractivity contribution in [2.75, 3.05) is 0 Å². The number of nitrogens with zero attached hydrogens (tertiary/aromatic N) is 2. The lowest BCUT2D eigenvalue weighted by Gasteiger charge is -2.08. The van der Waals surface area contributed by atoms with Gasteiger partial charge in [0.15, 0.2) is 0 Å². The van der Waals surface area contributed by atoms with E-state index in [4.69, 9.17) is 0 Å². The maximum atomic E-state index is 12.1. The van der Waals surface area contributed by atoms with Gasteiger partial charge in [-0.1, -0.05) is 0 Å². The predicted octanol–water partition coefficient (Wildman–Crippen LogP) is 0.593. The first kappa shape index (κ1) is 24.4. The molecule has 0 aromatic heterocycles. The largest absolute Gasteiger partial charge is 0.274 e. The first-order valence-electron chi connectivity index (χ1n) is 8.42. The second-order valence-corrected chi connectivity index (χ2v) is 9.42. The minimum Gasteiger partial charge on any atom is -0.274 e. The van der Waals surface area contributed by atoms with Crippen LogP contribution in [0.5, 0.6) is 0 Å². The highest BCUT2D eigenvalue weighted by Gasteiger charge is 2.22. The summed E-state index contributed by atoms with van der Waals surface area (Å²) in [6.45, 7) is 0. The molecule has 0 aliphatic carbocycles. The monoisotopic (exact) mass is 486 g/mol. The van der Waals surface area contributed by atoms with Gasteiger partial charge in [-0.05, 0) is 24.3 Å². The Morgan fingerprint density at radius 2 is 0.938 bits per heavy atom. The van der Waals surface area contributed by atoms with Gasteiger partial charge in [-0.3, -0.25) is 29.8 Å². The van der Waals surface area contributed by atoms with Crippen molar-refractivity contribution in [3.8, 4) is 0 Å². The van der Waals surface area contributed by atoms with Crippen molar-refractivity contribution >= 4 is 43.2 Å². The van der Waals surface area contributed by atoms with Gasteiger partial charge in [0.25, 0.3) is 31.4 Å². The number of nitro benzene ring substituents is 2. The van der Waals surface area contributed by atoms with Crippen LogP contribution in [0.1, 0.15) is 12.8 Å². The number of carbonyl (C=O) groups excluding carboxylic acids is 2. The molecule has 0 aliphatic rings. The molecule has 2 rings (SSSR count). The molecule has 0 spiro atoms. The van der Waals surface area contributed by atoms with E-state index in [-0.39, 0.29) is 11.4 Å². The first-order valence-corrected chi connectivity index (χ1v) is 11.4. The van der Waals surface area contributed by atoms with Gasteiger partial charge in [-0.2, -0.15) is 0 Å². The van der Waals surface area contributed by atoms with Crippen LogP contribution >= 0.6 is 0 Å². The molecule has 14 nitrogen and oxygen atoms in total. The Hall–Kier alpha value is -3.92. The fraction of sp³-hybridized carbons (Fsp3) is 0.125. The van der Waals surface area contributed by atoms with Crippen LogP contribution in [0.2, 0.25) is 0 Å². The zero-order valence-corrected chi connectivity index (χ0v) is 17.5. The number of nitro groups is 2. The average Bonchev–Trinajstić information content (AvgIpc) is 2.71. The molecule has 0 radical (unpaired) electrons. The lowest BCUT2D eigenvalue weighted by Crippen LogP contribution is -2.34. The predicted molar refractivity (Wildman–Crippen MR) is 106 cm³/mol. The van der Waals surface area contributed by atoms with Crippen molar-refractivity contribution in [1.82, 2.24) is 9.44 Å². The van der Waals surface area contributed by atoms with Crippen molar-refractivity contribution in [2.24, 2.45) is 0 Å². The summed E-state index contributed by atoms with van der Waals surface area (Å²) in [4.78, 5) is 42.6. The van der Waals surface area contributed by atoms with Gasteiger partial charge < -0.3 is 0 Å². The molecule has 0 heterocycles. The molecule has 0 fully saturated rings. The summed E-state index contributed by atoms with van der Waals surface area (Å²) in [6.07, 6.45) is -1.37. The van der Waals surface area contributed by atoms with Gasteiger partial charge in [0, 0.05) is 37.1 Å². The molecule has 2 aromatic rings. The van der Waals surface area contributed by atoms with E-state index in [0.29, 0.717) is 0 Å². The van der Waals surface area contributed by atoms with Crippen LogP contribution in [0, 0.1) is 20.2 Å².